The van der Waals surface area contributed by atoms with E-state index in [0.717, 1.165) is 0 Å². The van der Waals surface area contributed by atoms with Gasteiger partial charge in [0.25, 0.3) is 10.0 Å². The SMILES string of the molecule is O=S(=O)(NN1CCOCC1)c1cccc(C#CCCO)c1. The molecular weight excluding hydrogens is 292 g/mol. The van der Waals surface area contributed by atoms with Crippen molar-refractivity contribution in [3.8, 4) is 11.8 Å². The highest BCUT2D eigenvalue weighted by Crippen LogP contribution is 2.11. The van der Waals surface area contributed by atoms with Crippen LogP contribution in [0.4, 0.5) is 0 Å². The number of ether oxygens (including phenoxy) is 1. The third kappa shape index (κ3) is 4.81. The summed E-state index contributed by atoms with van der Waals surface area (Å²) in [5, 5.41) is 10.3. The van der Waals surface area contributed by atoms with Crippen molar-refractivity contribution in [2.24, 2.45) is 0 Å². The fourth-order valence-electron chi connectivity index (χ4n) is 1.84. The first kappa shape index (κ1) is 15.9. The molecule has 1 heterocycles. The van der Waals surface area contributed by atoms with Gasteiger partial charge in [0, 0.05) is 25.1 Å². The third-order valence-corrected chi connectivity index (χ3v) is 4.25. The van der Waals surface area contributed by atoms with Gasteiger partial charge in [-0.3, -0.25) is 0 Å². The van der Waals surface area contributed by atoms with Crippen LogP contribution in [-0.2, 0) is 14.8 Å². The first-order valence-electron chi connectivity index (χ1n) is 6.67. The van der Waals surface area contributed by atoms with Crippen molar-refractivity contribution in [3.05, 3.63) is 29.8 Å². The Morgan fingerprint density at radius 3 is 2.81 bits per heavy atom. The standard InChI is InChI=1S/C14H18N2O4S/c17-9-2-1-4-13-5-3-6-14(12-13)21(18,19)15-16-7-10-20-11-8-16/h3,5-6,12,15,17H,2,7-11H2. The van der Waals surface area contributed by atoms with Crippen LogP contribution in [0.5, 0.6) is 0 Å². The summed E-state index contributed by atoms with van der Waals surface area (Å²) in [6, 6.07) is 6.43. The Kier molecular flexibility index (Phi) is 5.73. The molecule has 0 unspecified atom stereocenters. The van der Waals surface area contributed by atoms with E-state index >= 15 is 0 Å². The smallest absolute Gasteiger partial charge is 0.253 e. The number of morpholine rings is 1. The molecule has 0 aromatic heterocycles. The molecule has 1 aliphatic heterocycles. The van der Waals surface area contributed by atoms with E-state index in [1.54, 1.807) is 17.1 Å². The molecule has 114 valence electrons. The van der Waals surface area contributed by atoms with Gasteiger partial charge in [0.15, 0.2) is 0 Å². The Morgan fingerprint density at radius 1 is 1.33 bits per heavy atom. The zero-order valence-corrected chi connectivity index (χ0v) is 12.4. The fraction of sp³-hybridized carbons (Fsp3) is 0.429. The van der Waals surface area contributed by atoms with Crippen LogP contribution in [0.3, 0.4) is 0 Å². The van der Waals surface area contributed by atoms with Crippen molar-refractivity contribution in [3.63, 3.8) is 0 Å². The molecule has 0 atom stereocenters. The molecule has 0 amide bonds. The van der Waals surface area contributed by atoms with Crippen LogP contribution >= 0.6 is 0 Å². The van der Waals surface area contributed by atoms with E-state index in [0.29, 0.717) is 38.3 Å². The van der Waals surface area contributed by atoms with Gasteiger partial charge in [0.1, 0.15) is 0 Å². The summed E-state index contributed by atoms with van der Waals surface area (Å²) in [6.45, 7) is 2.05. The maximum Gasteiger partial charge on any atom is 0.253 e. The highest BCUT2D eigenvalue weighted by molar-refractivity contribution is 7.89. The maximum absolute atomic E-state index is 12.3. The van der Waals surface area contributed by atoms with Crippen molar-refractivity contribution in [1.29, 1.82) is 0 Å². The topological polar surface area (TPSA) is 78.9 Å². The van der Waals surface area contributed by atoms with Crippen LogP contribution in [0.2, 0.25) is 0 Å². The van der Waals surface area contributed by atoms with Crippen LogP contribution in [0.25, 0.3) is 0 Å². The lowest BCUT2D eigenvalue weighted by atomic mass is 10.2. The van der Waals surface area contributed by atoms with Crippen LogP contribution in [0, 0.1) is 11.8 Å². The summed E-state index contributed by atoms with van der Waals surface area (Å²) in [5.74, 6) is 5.60. The van der Waals surface area contributed by atoms with E-state index in [4.69, 9.17) is 9.84 Å². The summed E-state index contributed by atoms with van der Waals surface area (Å²) in [6.07, 6.45) is 0.364. The fourth-order valence-corrected chi connectivity index (χ4v) is 3.01. The molecule has 1 saturated heterocycles. The zero-order valence-electron chi connectivity index (χ0n) is 11.6. The Bertz CT molecular complexity index is 628. The zero-order chi connectivity index (χ0) is 15.1. The van der Waals surface area contributed by atoms with Crippen LogP contribution < -0.4 is 4.83 Å². The highest BCUT2D eigenvalue weighted by Gasteiger charge is 2.20. The molecule has 1 aromatic rings. The lowest BCUT2D eigenvalue weighted by Gasteiger charge is -2.26. The van der Waals surface area contributed by atoms with Gasteiger partial charge in [-0.15, -0.1) is 4.83 Å². The minimum Gasteiger partial charge on any atom is -0.395 e. The van der Waals surface area contributed by atoms with E-state index in [1.807, 2.05) is 0 Å². The summed E-state index contributed by atoms with van der Waals surface area (Å²) in [4.78, 5) is 2.71. The van der Waals surface area contributed by atoms with Crippen LogP contribution in [-0.4, -0.2) is 51.4 Å². The Hall–Kier alpha value is -1.43. The number of benzene rings is 1. The number of hydrazine groups is 1. The van der Waals surface area contributed by atoms with E-state index in [-0.39, 0.29) is 11.5 Å². The largest absolute Gasteiger partial charge is 0.395 e. The molecule has 21 heavy (non-hydrogen) atoms. The Balaban J connectivity index is 2.12. The summed E-state index contributed by atoms with van der Waals surface area (Å²) in [7, 11) is -3.61. The van der Waals surface area contributed by atoms with Crippen molar-refractivity contribution >= 4 is 10.0 Å². The molecule has 2 N–H and O–H groups in total. The summed E-state index contributed by atoms with van der Waals surface area (Å²) in [5.41, 5.74) is 0.605. The molecule has 1 aliphatic rings. The first-order valence-corrected chi connectivity index (χ1v) is 8.15. The Labute approximate surface area is 124 Å². The number of aliphatic hydroxyl groups excluding tert-OH is 1. The average Bonchev–Trinajstić information content (AvgIpc) is 2.48. The van der Waals surface area contributed by atoms with E-state index < -0.39 is 10.0 Å². The number of hydrogen-bond acceptors (Lipinski definition) is 5. The second-order valence-electron chi connectivity index (χ2n) is 4.50. The van der Waals surface area contributed by atoms with Gasteiger partial charge < -0.3 is 9.84 Å². The molecule has 1 aromatic carbocycles. The number of nitrogens with one attached hydrogen (secondary N) is 1. The van der Waals surface area contributed by atoms with Crippen molar-refractivity contribution in [2.75, 3.05) is 32.9 Å². The average molecular weight is 310 g/mol. The third-order valence-electron chi connectivity index (χ3n) is 2.87. The monoisotopic (exact) mass is 310 g/mol. The van der Waals surface area contributed by atoms with E-state index in [9.17, 15) is 8.42 Å². The predicted octanol–water partition coefficient (Wildman–Crippen LogP) is -0.0540. The lowest BCUT2D eigenvalue weighted by molar-refractivity contribution is 0.0272. The number of nitrogens with zero attached hydrogens (tertiary/aromatic N) is 1. The molecule has 2 rings (SSSR count). The van der Waals surface area contributed by atoms with Crippen LogP contribution in [0.15, 0.2) is 29.2 Å². The number of hydrogen-bond donors (Lipinski definition) is 2. The van der Waals surface area contributed by atoms with Crippen LogP contribution in [0.1, 0.15) is 12.0 Å². The Morgan fingerprint density at radius 2 is 2.10 bits per heavy atom. The van der Waals surface area contributed by atoms with E-state index in [2.05, 4.69) is 16.7 Å². The maximum atomic E-state index is 12.3. The number of sulfonamides is 1. The molecule has 1 fully saturated rings. The number of aliphatic hydroxyl groups is 1. The van der Waals surface area contributed by atoms with Gasteiger partial charge in [-0.25, -0.2) is 13.4 Å². The van der Waals surface area contributed by atoms with Gasteiger partial charge in [-0.05, 0) is 18.2 Å². The second-order valence-corrected chi connectivity index (χ2v) is 6.16. The molecule has 0 aliphatic carbocycles. The normalized spacial score (nSPS) is 16.2. The van der Waals surface area contributed by atoms with Gasteiger partial charge in [-0.1, -0.05) is 17.9 Å². The molecule has 7 heteroatoms. The summed E-state index contributed by atoms with van der Waals surface area (Å²) >= 11 is 0. The minimum atomic E-state index is -3.61. The molecular formula is C14H18N2O4S. The molecule has 6 nitrogen and oxygen atoms in total. The quantitative estimate of drug-likeness (QED) is 0.762. The molecule has 0 bridgehead atoms. The molecule has 0 radical (unpaired) electrons. The first-order chi connectivity index (χ1) is 10.1. The van der Waals surface area contributed by atoms with Gasteiger partial charge in [0.05, 0.1) is 24.7 Å². The van der Waals surface area contributed by atoms with E-state index in [1.165, 1.54) is 12.1 Å². The highest BCUT2D eigenvalue weighted by atomic mass is 32.2. The van der Waals surface area contributed by atoms with Crippen molar-refractivity contribution < 1.29 is 18.3 Å². The van der Waals surface area contributed by atoms with Gasteiger partial charge in [0.2, 0.25) is 0 Å². The summed E-state index contributed by atoms with van der Waals surface area (Å²) < 4.78 is 29.8. The second kappa shape index (κ2) is 7.54. The minimum absolute atomic E-state index is 0.0103. The molecule has 0 saturated carbocycles. The van der Waals surface area contributed by atoms with Gasteiger partial charge >= 0.3 is 0 Å². The van der Waals surface area contributed by atoms with Crippen molar-refractivity contribution in [2.45, 2.75) is 11.3 Å². The number of rotatable bonds is 4. The predicted molar refractivity (Wildman–Crippen MR) is 77.7 cm³/mol. The van der Waals surface area contributed by atoms with Gasteiger partial charge in [-0.2, -0.15) is 0 Å². The van der Waals surface area contributed by atoms with Crippen molar-refractivity contribution in [1.82, 2.24) is 9.84 Å². The lowest BCUT2D eigenvalue weighted by Crippen LogP contribution is -2.48. The molecule has 0 spiro atoms.